The van der Waals surface area contributed by atoms with Crippen LogP contribution in [0.5, 0.6) is 0 Å². The number of carbonyl (C=O) groups is 3. The first-order valence-corrected chi connectivity index (χ1v) is 18.2. The molecule has 5 N–H and O–H groups in total. The van der Waals surface area contributed by atoms with Gasteiger partial charge in [0.15, 0.2) is 0 Å². The van der Waals surface area contributed by atoms with Gasteiger partial charge in [-0.1, -0.05) is 48.5 Å². The van der Waals surface area contributed by atoms with E-state index in [4.69, 9.17) is 14.5 Å². The number of aliphatic hydroxyl groups excluding tert-OH is 1. The molecule has 13 nitrogen and oxygen atoms in total. The Kier molecular flexibility index (Phi) is 10.4. The first-order chi connectivity index (χ1) is 25.3. The lowest BCUT2D eigenvalue weighted by atomic mass is 9.78. The summed E-state index contributed by atoms with van der Waals surface area (Å²) in [6.07, 6.45) is 7.26. The number of aliphatic hydroxyl groups is 1. The summed E-state index contributed by atoms with van der Waals surface area (Å²) >= 11 is 0. The van der Waals surface area contributed by atoms with E-state index >= 15 is 0 Å². The summed E-state index contributed by atoms with van der Waals surface area (Å²) in [5, 5.41) is 14.7. The Morgan fingerprint density at radius 1 is 0.885 bits per heavy atom. The van der Waals surface area contributed by atoms with Crippen LogP contribution in [0.3, 0.4) is 0 Å². The number of hydrogen-bond acceptors (Lipinski definition) is 8. The molecule has 2 aromatic carbocycles. The van der Waals surface area contributed by atoms with Crippen LogP contribution in [0.4, 0.5) is 4.79 Å². The second-order valence-electron chi connectivity index (χ2n) is 14.2. The van der Waals surface area contributed by atoms with Gasteiger partial charge in [0, 0.05) is 26.1 Å². The van der Waals surface area contributed by atoms with Crippen molar-refractivity contribution < 1.29 is 29.0 Å². The molecule has 7 atom stereocenters. The van der Waals surface area contributed by atoms with Gasteiger partial charge in [-0.25, -0.2) is 14.8 Å². The number of amides is 3. The highest BCUT2D eigenvalue weighted by Crippen LogP contribution is 2.56. The number of alkyl carbamates (subject to hydrolysis) is 1. The van der Waals surface area contributed by atoms with E-state index in [1.54, 1.807) is 18.0 Å². The molecule has 2 bridgehead atoms. The van der Waals surface area contributed by atoms with E-state index in [0.717, 1.165) is 71.6 Å². The molecule has 2 aliphatic carbocycles. The van der Waals surface area contributed by atoms with Crippen LogP contribution in [-0.2, 0) is 19.1 Å². The summed E-state index contributed by atoms with van der Waals surface area (Å²) in [5.74, 6) is 2.15. The maximum Gasteiger partial charge on any atom is 0.407 e. The lowest BCUT2D eigenvalue weighted by molar-refractivity contribution is -0.137. The van der Waals surface area contributed by atoms with Crippen LogP contribution in [0.1, 0.15) is 62.6 Å². The van der Waals surface area contributed by atoms with Crippen molar-refractivity contribution in [2.75, 3.05) is 33.9 Å². The molecule has 1 aliphatic heterocycles. The minimum Gasteiger partial charge on any atom is -0.453 e. The van der Waals surface area contributed by atoms with Crippen LogP contribution in [-0.4, -0.2) is 93.9 Å². The summed E-state index contributed by atoms with van der Waals surface area (Å²) in [6, 6.07) is 15.5. The first-order valence-electron chi connectivity index (χ1n) is 18.2. The van der Waals surface area contributed by atoms with Crippen LogP contribution >= 0.6 is 0 Å². The number of rotatable bonds is 12. The standard InChI is InChI=1S/C39H47N7O6/c1-22(51-2)34(45-39(50)52-3)38(49)46-17-4-5-31(46)35-41-20-29(43-35)25-10-6-23(7-11-25)24-8-12-26(13-9-24)30-21-42-36(44-30)32-27-14-15-28(19-27)33(32)37(48)40-16-18-47/h6-13,20-22,27-28,31-34,47H,4-5,14-19H2,1-3H3,(H,40,48)(H,41,43)(H,42,44)(H,45,50)/t22-,27?,28?,31+,32?,33+,34+/m1/s1. The van der Waals surface area contributed by atoms with Crippen LogP contribution in [0.25, 0.3) is 33.6 Å². The fourth-order valence-corrected chi connectivity index (χ4v) is 8.54. The molecule has 2 saturated carbocycles. The first kappa shape index (κ1) is 35.4. The highest BCUT2D eigenvalue weighted by molar-refractivity contribution is 5.87. The van der Waals surface area contributed by atoms with Gasteiger partial charge >= 0.3 is 6.09 Å². The summed E-state index contributed by atoms with van der Waals surface area (Å²) in [5.41, 5.74) is 5.93. The molecule has 3 heterocycles. The summed E-state index contributed by atoms with van der Waals surface area (Å²) in [7, 11) is 2.76. The van der Waals surface area contributed by atoms with E-state index in [2.05, 4.69) is 74.1 Å². The molecule has 3 amide bonds. The number of H-pyrrole nitrogens is 2. The maximum atomic E-state index is 13.6. The predicted octanol–water partition coefficient (Wildman–Crippen LogP) is 4.80. The van der Waals surface area contributed by atoms with Crippen LogP contribution < -0.4 is 10.6 Å². The zero-order valence-electron chi connectivity index (χ0n) is 29.8. The number of ether oxygens (including phenoxy) is 2. The highest BCUT2D eigenvalue weighted by atomic mass is 16.5. The largest absolute Gasteiger partial charge is 0.453 e. The van der Waals surface area contributed by atoms with E-state index in [1.807, 2.05) is 6.20 Å². The summed E-state index contributed by atoms with van der Waals surface area (Å²) in [6.45, 7) is 2.51. The Balaban J connectivity index is 1.01. The molecule has 3 fully saturated rings. The number of methoxy groups -OCH3 is 2. The highest BCUT2D eigenvalue weighted by Gasteiger charge is 2.52. The van der Waals surface area contributed by atoms with Crippen LogP contribution in [0.15, 0.2) is 60.9 Å². The van der Waals surface area contributed by atoms with E-state index in [1.165, 1.54) is 14.2 Å². The van der Waals surface area contributed by atoms with E-state index < -0.39 is 18.2 Å². The van der Waals surface area contributed by atoms with Gasteiger partial charge in [-0.05, 0) is 73.1 Å². The SMILES string of the molecule is COC(=O)N[C@H](C(=O)N1CCC[C@H]1c1ncc(-c2ccc(-c3ccc(-c4cnc(C5C6CCC(C6)[C@@H]5C(=O)NCCO)[nH]4)cc3)cc2)[nH]1)[C@@H](C)OC. The predicted molar refractivity (Wildman–Crippen MR) is 194 cm³/mol. The molecule has 7 rings (SSSR count). The summed E-state index contributed by atoms with van der Waals surface area (Å²) in [4.78, 5) is 56.7. The molecule has 274 valence electrons. The number of imidazole rings is 2. The van der Waals surface area contributed by atoms with Gasteiger partial charge < -0.3 is 40.1 Å². The maximum absolute atomic E-state index is 13.6. The quantitative estimate of drug-likeness (QED) is 0.140. The third-order valence-electron chi connectivity index (χ3n) is 11.3. The second kappa shape index (κ2) is 15.3. The minimum absolute atomic E-state index is 0.0254. The number of fused-ring (bicyclic) bond motifs is 2. The Morgan fingerprint density at radius 2 is 1.48 bits per heavy atom. The molecule has 52 heavy (non-hydrogen) atoms. The van der Waals surface area contributed by atoms with Gasteiger partial charge in [-0.2, -0.15) is 0 Å². The zero-order valence-corrected chi connectivity index (χ0v) is 29.8. The van der Waals surface area contributed by atoms with Crippen molar-refractivity contribution in [3.05, 3.63) is 72.6 Å². The number of nitrogens with zero attached hydrogens (tertiary/aromatic N) is 3. The smallest absolute Gasteiger partial charge is 0.407 e. The number of likely N-dealkylation sites (tertiary alicyclic amines) is 1. The minimum atomic E-state index is -0.885. The van der Waals surface area contributed by atoms with Gasteiger partial charge in [-0.15, -0.1) is 0 Å². The number of nitrogens with one attached hydrogen (secondary N) is 4. The molecule has 4 aromatic rings. The monoisotopic (exact) mass is 709 g/mol. The average molecular weight is 710 g/mol. The van der Waals surface area contributed by atoms with Gasteiger partial charge in [0.05, 0.1) is 55.6 Å². The lowest BCUT2D eigenvalue weighted by Gasteiger charge is -2.30. The van der Waals surface area contributed by atoms with Gasteiger partial charge in [-0.3, -0.25) is 9.59 Å². The normalized spacial score (nSPS) is 23.4. The zero-order chi connectivity index (χ0) is 36.4. The van der Waals surface area contributed by atoms with E-state index in [-0.39, 0.29) is 42.8 Å². The number of hydrogen-bond donors (Lipinski definition) is 5. The average Bonchev–Trinajstić information content (AvgIpc) is 4.03. The Hall–Kier alpha value is -5.01. The molecular formula is C39H47N7O6. The fraction of sp³-hybridized carbons (Fsp3) is 0.462. The molecule has 1 saturated heterocycles. The molecule has 13 heteroatoms. The van der Waals surface area contributed by atoms with Crippen molar-refractivity contribution >= 4 is 17.9 Å². The van der Waals surface area contributed by atoms with Crippen molar-refractivity contribution in [1.82, 2.24) is 35.5 Å². The topological polar surface area (TPSA) is 175 Å². The van der Waals surface area contributed by atoms with E-state index in [0.29, 0.717) is 24.2 Å². The van der Waals surface area contributed by atoms with Crippen molar-refractivity contribution in [1.29, 1.82) is 0 Å². The van der Waals surface area contributed by atoms with Crippen molar-refractivity contribution in [2.45, 2.75) is 63.1 Å². The lowest BCUT2D eigenvalue weighted by Crippen LogP contribution is -2.54. The Bertz CT molecular complexity index is 1870. The Labute approximate surface area is 302 Å². The molecule has 2 aromatic heterocycles. The summed E-state index contributed by atoms with van der Waals surface area (Å²) < 4.78 is 10.1. The number of carbonyl (C=O) groups excluding carboxylic acids is 3. The van der Waals surface area contributed by atoms with Crippen molar-refractivity contribution in [2.24, 2.45) is 17.8 Å². The number of benzene rings is 2. The number of aromatic amines is 2. The van der Waals surface area contributed by atoms with Gasteiger partial charge in [0.2, 0.25) is 11.8 Å². The van der Waals surface area contributed by atoms with Crippen molar-refractivity contribution in [3.8, 4) is 33.6 Å². The Morgan fingerprint density at radius 3 is 2.10 bits per heavy atom. The third-order valence-corrected chi connectivity index (χ3v) is 11.3. The third kappa shape index (κ3) is 6.94. The fourth-order valence-electron chi connectivity index (χ4n) is 8.54. The van der Waals surface area contributed by atoms with E-state index in [9.17, 15) is 19.5 Å². The molecule has 0 radical (unpaired) electrons. The van der Waals surface area contributed by atoms with Crippen molar-refractivity contribution in [3.63, 3.8) is 0 Å². The molecule has 0 spiro atoms. The molecule has 3 unspecified atom stereocenters. The number of aromatic nitrogens is 4. The molecular weight excluding hydrogens is 662 g/mol. The van der Waals surface area contributed by atoms with Gasteiger partial charge in [0.1, 0.15) is 17.7 Å². The molecule has 3 aliphatic rings. The van der Waals surface area contributed by atoms with Gasteiger partial charge in [0.25, 0.3) is 0 Å². The van der Waals surface area contributed by atoms with Crippen LogP contribution in [0.2, 0.25) is 0 Å². The van der Waals surface area contributed by atoms with Crippen LogP contribution in [0, 0.1) is 17.8 Å². The second-order valence-corrected chi connectivity index (χ2v) is 14.2.